The molecule has 1 saturated carbocycles. The molecule has 0 spiro atoms. The molecule has 0 saturated heterocycles. The number of anilines is 1. The molecule has 33 heavy (non-hydrogen) atoms. The molecule has 1 N–H and O–H groups in total. The quantitative estimate of drug-likeness (QED) is 0.474. The molecule has 0 atom stereocenters. The third kappa shape index (κ3) is 3.71. The zero-order chi connectivity index (χ0) is 22.2. The minimum atomic E-state index is 0.404. The summed E-state index contributed by atoms with van der Waals surface area (Å²) in [5.41, 5.74) is 3.75. The summed E-state index contributed by atoms with van der Waals surface area (Å²) in [6.45, 7) is 1.97. The van der Waals surface area contributed by atoms with E-state index in [-0.39, 0.29) is 0 Å². The van der Waals surface area contributed by atoms with Gasteiger partial charge in [-0.15, -0.1) is 10.2 Å². The average molecular weight is 443 g/mol. The van der Waals surface area contributed by atoms with E-state index in [1.165, 1.54) is 0 Å². The van der Waals surface area contributed by atoms with E-state index in [2.05, 4.69) is 52.6 Å². The zero-order valence-corrected chi connectivity index (χ0v) is 18.0. The topological polar surface area (TPSA) is 128 Å². The Balaban J connectivity index is 1.33. The van der Waals surface area contributed by atoms with E-state index >= 15 is 0 Å². The second kappa shape index (κ2) is 8.08. The van der Waals surface area contributed by atoms with Gasteiger partial charge in [-0.05, 0) is 23.6 Å². The Labute approximate surface area is 189 Å². The minimum Gasteiger partial charge on any atom is -0.486 e. The molecular weight excluding hydrogens is 422 g/mol. The Morgan fingerprint density at radius 3 is 2.76 bits per heavy atom. The maximum absolute atomic E-state index is 5.84. The van der Waals surface area contributed by atoms with E-state index in [0.29, 0.717) is 48.9 Å². The lowest BCUT2D eigenvalue weighted by molar-refractivity contribution is 0.303. The molecule has 11 nitrogen and oxygen atoms in total. The van der Waals surface area contributed by atoms with Gasteiger partial charge >= 0.3 is 0 Å². The second-order valence-electron chi connectivity index (χ2n) is 8.00. The smallest absolute Gasteiger partial charge is 0.227 e. The summed E-state index contributed by atoms with van der Waals surface area (Å²) in [6.07, 6.45) is 5.48. The molecule has 2 aliphatic rings. The molecular formula is C22H21N9O2. The van der Waals surface area contributed by atoms with Crippen LogP contribution in [0.5, 0.6) is 11.6 Å². The van der Waals surface area contributed by atoms with Gasteiger partial charge in [-0.25, -0.2) is 19.9 Å². The predicted molar refractivity (Wildman–Crippen MR) is 118 cm³/mol. The third-order valence-electron chi connectivity index (χ3n) is 5.81. The second-order valence-corrected chi connectivity index (χ2v) is 8.00. The van der Waals surface area contributed by atoms with Crippen molar-refractivity contribution < 1.29 is 9.47 Å². The fourth-order valence-electron chi connectivity index (χ4n) is 4.01. The lowest BCUT2D eigenvalue weighted by Gasteiger charge is -2.30. The van der Waals surface area contributed by atoms with Gasteiger partial charge < -0.3 is 14.4 Å². The average Bonchev–Trinajstić information content (AvgIpc) is 3.57. The van der Waals surface area contributed by atoms with Crippen LogP contribution in [0, 0.1) is 0 Å². The van der Waals surface area contributed by atoms with Gasteiger partial charge in [0.1, 0.15) is 18.5 Å². The first kappa shape index (κ1) is 19.5. The van der Waals surface area contributed by atoms with E-state index in [9.17, 15) is 0 Å². The van der Waals surface area contributed by atoms with Crippen molar-refractivity contribution in [1.82, 2.24) is 40.6 Å². The monoisotopic (exact) mass is 443 g/mol. The first-order chi connectivity index (χ1) is 16.3. The summed E-state index contributed by atoms with van der Waals surface area (Å²) in [5.74, 6) is 3.43. The van der Waals surface area contributed by atoms with Crippen LogP contribution in [-0.4, -0.2) is 60.8 Å². The summed E-state index contributed by atoms with van der Waals surface area (Å²) in [4.78, 5) is 20.5. The molecule has 0 radical (unpaired) electrons. The van der Waals surface area contributed by atoms with E-state index in [0.717, 1.165) is 41.0 Å². The Bertz CT molecular complexity index is 1270. The van der Waals surface area contributed by atoms with Gasteiger partial charge in [0.05, 0.1) is 25.5 Å². The number of aromatic nitrogens is 8. The standard InChI is InChI=1S/C22H21N9O2/c1-32-22-17(18(14-6-7-14)24-12-25-22)20-23-10-16-21(26-20)31(8-9-33-16)11-13-2-4-15(5-3-13)19-27-29-30-28-19/h2-5,10,12,14H,6-9,11H2,1H3,(H,27,28,29,30). The first-order valence-electron chi connectivity index (χ1n) is 10.8. The summed E-state index contributed by atoms with van der Waals surface area (Å²) in [6, 6.07) is 8.09. The molecule has 4 aromatic rings. The van der Waals surface area contributed by atoms with E-state index in [1.54, 1.807) is 19.6 Å². The van der Waals surface area contributed by atoms with Gasteiger partial charge in [0.25, 0.3) is 0 Å². The summed E-state index contributed by atoms with van der Waals surface area (Å²) in [7, 11) is 1.61. The number of methoxy groups -OCH3 is 1. The van der Waals surface area contributed by atoms with Crippen LogP contribution in [0.15, 0.2) is 36.8 Å². The molecule has 1 aromatic carbocycles. The van der Waals surface area contributed by atoms with E-state index < -0.39 is 0 Å². The van der Waals surface area contributed by atoms with Gasteiger partial charge in [-0.3, -0.25) is 0 Å². The molecule has 6 rings (SSSR count). The molecule has 0 amide bonds. The summed E-state index contributed by atoms with van der Waals surface area (Å²) < 4.78 is 11.4. The number of tetrazole rings is 1. The molecule has 3 aromatic heterocycles. The van der Waals surface area contributed by atoms with Crippen molar-refractivity contribution in [3.8, 4) is 34.4 Å². The van der Waals surface area contributed by atoms with Crippen LogP contribution in [-0.2, 0) is 6.54 Å². The molecule has 1 aliphatic heterocycles. The van der Waals surface area contributed by atoms with Crippen LogP contribution in [0.4, 0.5) is 5.82 Å². The normalized spacial score (nSPS) is 15.1. The van der Waals surface area contributed by atoms with E-state index in [4.69, 9.17) is 14.5 Å². The SMILES string of the molecule is COc1ncnc(C2CC2)c1-c1ncc2c(n1)N(Cc1ccc(-c3nn[nH]n3)cc1)CCO2. The molecule has 0 unspecified atom stereocenters. The molecule has 11 heteroatoms. The highest BCUT2D eigenvalue weighted by Gasteiger charge is 2.32. The number of hydrogen-bond donors (Lipinski definition) is 1. The summed E-state index contributed by atoms with van der Waals surface area (Å²) in [5, 5.41) is 14.1. The number of benzene rings is 1. The first-order valence-corrected chi connectivity index (χ1v) is 10.8. The number of H-pyrrole nitrogens is 1. The highest BCUT2D eigenvalue weighted by Crippen LogP contribution is 2.45. The Morgan fingerprint density at radius 2 is 2.00 bits per heavy atom. The fourth-order valence-corrected chi connectivity index (χ4v) is 4.01. The maximum atomic E-state index is 5.84. The third-order valence-corrected chi connectivity index (χ3v) is 5.81. The zero-order valence-electron chi connectivity index (χ0n) is 18.0. The number of hydrogen-bond acceptors (Lipinski definition) is 10. The molecule has 0 bridgehead atoms. The van der Waals surface area contributed by atoms with Crippen LogP contribution in [0.25, 0.3) is 22.8 Å². The number of nitrogens with zero attached hydrogens (tertiary/aromatic N) is 8. The van der Waals surface area contributed by atoms with Gasteiger partial charge in [0, 0.05) is 18.0 Å². The van der Waals surface area contributed by atoms with Crippen molar-refractivity contribution in [2.75, 3.05) is 25.2 Å². The van der Waals surface area contributed by atoms with E-state index in [1.807, 2.05) is 12.1 Å². The number of fused-ring (bicyclic) bond motifs is 1. The largest absolute Gasteiger partial charge is 0.486 e. The van der Waals surface area contributed by atoms with Gasteiger partial charge in [-0.1, -0.05) is 24.3 Å². The lowest BCUT2D eigenvalue weighted by atomic mass is 10.1. The number of nitrogens with one attached hydrogen (secondary N) is 1. The molecule has 1 fully saturated rings. The Hall–Kier alpha value is -4.15. The number of ether oxygens (including phenoxy) is 2. The number of rotatable bonds is 6. The van der Waals surface area contributed by atoms with Crippen LogP contribution in [0.2, 0.25) is 0 Å². The molecule has 1 aliphatic carbocycles. The van der Waals surface area contributed by atoms with Crippen LogP contribution in [0.3, 0.4) is 0 Å². The van der Waals surface area contributed by atoms with Gasteiger partial charge in [0.15, 0.2) is 17.4 Å². The van der Waals surface area contributed by atoms with Crippen molar-refractivity contribution >= 4 is 5.82 Å². The minimum absolute atomic E-state index is 0.404. The highest BCUT2D eigenvalue weighted by molar-refractivity contribution is 5.69. The molecule has 4 heterocycles. The van der Waals surface area contributed by atoms with Crippen molar-refractivity contribution in [1.29, 1.82) is 0 Å². The Kier molecular flexibility index (Phi) is 4.78. The highest BCUT2D eigenvalue weighted by atomic mass is 16.5. The van der Waals surface area contributed by atoms with Crippen molar-refractivity contribution in [2.24, 2.45) is 0 Å². The predicted octanol–water partition coefficient (Wildman–Crippen LogP) is 2.40. The Morgan fingerprint density at radius 1 is 1.12 bits per heavy atom. The fraction of sp³-hybridized carbons (Fsp3) is 0.318. The van der Waals surface area contributed by atoms with Crippen LogP contribution >= 0.6 is 0 Å². The van der Waals surface area contributed by atoms with Gasteiger partial charge in [-0.2, -0.15) is 5.21 Å². The van der Waals surface area contributed by atoms with Crippen molar-refractivity contribution in [3.05, 3.63) is 48.0 Å². The molecule has 166 valence electrons. The van der Waals surface area contributed by atoms with Gasteiger partial charge in [0.2, 0.25) is 11.7 Å². The lowest BCUT2D eigenvalue weighted by Crippen LogP contribution is -2.33. The van der Waals surface area contributed by atoms with Crippen molar-refractivity contribution in [3.63, 3.8) is 0 Å². The van der Waals surface area contributed by atoms with Crippen molar-refractivity contribution in [2.45, 2.75) is 25.3 Å². The summed E-state index contributed by atoms with van der Waals surface area (Å²) >= 11 is 0. The maximum Gasteiger partial charge on any atom is 0.227 e. The van der Waals surface area contributed by atoms with Crippen LogP contribution in [0.1, 0.15) is 30.0 Å². The number of aromatic amines is 1. The van der Waals surface area contributed by atoms with Crippen LogP contribution < -0.4 is 14.4 Å².